The number of alkyl carbamates (subject to hydrolysis) is 1. The van der Waals surface area contributed by atoms with Gasteiger partial charge in [0, 0.05) is 51.6 Å². The average Bonchev–Trinajstić information content (AvgIpc) is 4.10. The van der Waals surface area contributed by atoms with Gasteiger partial charge in [0.2, 0.25) is 29.5 Å². The van der Waals surface area contributed by atoms with E-state index in [2.05, 4.69) is 31.6 Å². The first-order valence-corrected chi connectivity index (χ1v) is 26.3. The van der Waals surface area contributed by atoms with Crippen molar-refractivity contribution in [2.75, 3.05) is 39.7 Å². The number of ether oxygens (including phenoxy) is 3. The molecule has 1 saturated heterocycles. The smallest absolute Gasteiger partial charge is 0.408 e. The Balaban J connectivity index is 1.37. The number of nitrogens with one attached hydrogen (secondary N) is 5. The first-order valence-electron chi connectivity index (χ1n) is 25.4. The van der Waals surface area contributed by atoms with Crippen LogP contribution in [0.15, 0.2) is 66.2 Å². The molecule has 9 N–H and O–H groups in total. The van der Waals surface area contributed by atoms with E-state index in [0.29, 0.717) is 56.4 Å². The van der Waals surface area contributed by atoms with E-state index in [-0.39, 0.29) is 48.8 Å². The monoisotopic (exact) mass is 1050 g/mol. The van der Waals surface area contributed by atoms with Crippen LogP contribution in [0.5, 0.6) is 0 Å². The molecule has 0 radical (unpaired) electrons. The van der Waals surface area contributed by atoms with Crippen molar-refractivity contribution in [2.45, 2.75) is 148 Å². The molecular weight excluding hydrogens is 969 g/mol. The first kappa shape index (κ1) is 60.4. The quantitative estimate of drug-likeness (QED) is 0.0472. The highest BCUT2D eigenvalue weighted by Gasteiger charge is 2.44. The van der Waals surface area contributed by atoms with Crippen LogP contribution in [0.1, 0.15) is 109 Å². The third kappa shape index (κ3) is 17.5. The highest BCUT2D eigenvalue weighted by Crippen LogP contribution is 2.31. The minimum Gasteiger partial charge on any atom is -0.445 e. The molecule has 408 valence electrons. The Morgan fingerprint density at radius 2 is 1.62 bits per heavy atom. The lowest BCUT2D eigenvalue weighted by Gasteiger charge is -2.41. The topological polar surface area (TPSA) is 279 Å². The largest absolute Gasteiger partial charge is 0.445 e. The molecule has 74 heavy (non-hydrogen) atoms. The van der Waals surface area contributed by atoms with Crippen molar-refractivity contribution in [3.63, 3.8) is 0 Å². The molecule has 0 aliphatic carbocycles. The number of hydrogen-bond donors (Lipinski definition) is 7. The molecule has 1 aliphatic rings. The van der Waals surface area contributed by atoms with Crippen LogP contribution >= 0.6 is 11.3 Å². The second-order valence-electron chi connectivity index (χ2n) is 20.0. The number of methoxy groups -OCH3 is 2. The molecule has 8 amide bonds. The van der Waals surface area contributed by atoms with Crippen molar-refractivity contribution < 1.29 is 47.8 Å². The standard InChI is InChI=1S/C53H80N10O10S/c1-11-33(4)44(41(71-9)30-42(64)63-27-16-20-40(63)45(72-10)34(5)46(65)59-39(48-56-26-28-74-48)29-35-17-13-12-14-18-35)62(8)49(67)43(32(2)3)60-50(68)53(6,7)61-52(70)73-31-36-21-23-37(24-22-36)58-47(66)38(54)19-15-25-57-51(55)69/h12-14,17-18,21-24,26,28,32-34,38-41,43-45H,11,15-16,19-20,25,27,29-31,54H2,1-10H3,(H,58,66)(H,59,65)(H,60,68)(H,61,70)(H3,55,57,69)/t33-,34+,38-,39-,40-,41+,43-,44-,45+/m0/s1. The van der Waals surface area contributed by atoms with Crippen LogP contribution in [0.3, 0.4) is 0 Å². The molecule has 21 heteroatoms. The Hall–Kier alpha value is -6.16. The Morgan fingerprint density at radius 3 is 2.22 bits per heavy atom. The average molecular weight is 1050 g/mol. The molecule has 0 bridgehead atoms. The van der Waals surface area contributed by atoms with E-state index in [9.17, 15) is 33.6 Å². The lowest BCUT2D eigenvalue weighted by atomic mass is 9.89. The number of thiazole rings is 1. The maximum atomic E-state index is 14.6. The summed E-state index contributed by atoms with van der Waals surface area (Å²) in [7, 11) is 4.73. The van der Waals surface area contributed by atoms with Gasteiger partial charge < -0.3 is 62.1 Å². The van der Waals surface area contributed by atoms with Gasteiger partial charge in [-0.25, -0.2) is 14.6 Å². The fraction of sp³-hybridized carbons (Fsp3) is 0.585. The lowest BCUT2D eigenvalue weighted by molar-refractivity contribution is -0.148. The number of nitrogens with zero attached hydrogens (tertiary/aromatic N) is 3. The minimum atomic E-state index is -1.51. The summed E-state index contributed by atoms with van der Waals surface area (Å²) in [5.41, 5.74) is 11.7. The van der Waals surface area contributed by atoms with Crippen molar-refractivity contribution in [2.24, 2.45) is 29.2 Å². The molecule has 2 heterocycles. The molecule has 3 aromatic rings. The summed E-state index contributed by atoms with van der Waals surface area (Å²) in [5, 5.41) is 16.5. The normalized spacial score (nSPS) is 16.9. The first-order chi connectivity index (χ1) is 35.1. The zero-order valence-electron chi connectivity index (χ0n) is 44.7. The van der Waals surface area contributed by atoms with Gasteiger partial charge in [-0.05, 0) is 81.0 Å². The van der Waals surface area contributed by atoms with Gasteiger partial charge in [0.05, 0.1) is 48.7 Å². The van der Waals surface area contributed by atoms with Crippen molar-refractivity contribution in [1.29, 1.82) is 0 Å². The third-order valence-corrected chi connectivity index (χ3v) is 14.6. The Labute approximate surface area is 440 Å². The highest BCUT2D eigenvalue weighted by molar-refractivity contribution is 7.09. The number of likely N-dealkylation sites (N-methyl/N-ethyl adjacent to an activating group) is 1. The number of urea groups is 1. The van der Waals surface area contributed by atoms with Crippen LogP contribution in [-0.2, 0) is 51.2 Å². The summed E-state index contributed by atoms with van der Waals surface area (Å²) >= 11 is 1.48. The number of carbonyl (C=O) groups is 7. The molecule has 0 unspecified atom stereocenters. The van der Waals surface area contributed by atoms with Crippen molar-refractivity contribution in [3.05, 3.63) is 82.3 Å². The summed E-state index contributed by atoms with van der Waals surface area (Å²) in [5.74, 6) is -2.94. The molecule has 1 aliphatic heterocycles. The third-order valence-electron chi connectivity index (χ3n) is 13.7. The fourth-order valence-corrected chi connectivity index (χ4v) is 9.89. The summed E-state index contributed by atoms with van der Waals surface area (Å²) in [6.45, 7) is 13.0. The molecule has 0 saturated carbocycles. The van der Waals surface area contributed by atoms with Gasteiger partial charge in [0.15, 0.2) is 0 Å². The fourth-order valence-electron chi connectivity index (χ4n) is 9.20. The number of nitrogens with two attached hydrogens (primary N) is 2. The van der Waals surface area contributed by atoms with Gasteiger partial charge in [-0.2, -0.15) is 0 Å². The highest BCUT2D eigenvalue weighted by atomic mass is 32.1. The number of amides is 8. The molecule has 1 fully saturated rings. The summed E-state index contributed by atoms with van der Waals surface area (Å²) in [4.78, 5) is 101. The number of primary amides is 1. The van der Waals surface area contributed by atoms with Crippen LogP contribution in [0.4, 0.5) is 15.3 Å². The van der Waals surface area contributed by atoms with Crippen LogP contribution in [-0.4, -0.2) is 133 Å². The summed E-state index contributed by atoms with van der Waals surface area (Å²) < 4.78 is 17.5. The van der Waals surface area contributed by atoms with Crippen molar-refractivity contribution in [3.8, 4) is 0 Å². The van der Waals surface area contributed by atoms with Gasteiger partial charge in [-0.1, -0.05) is 83.5 Å². The SMILES string of the molecule is CC[C@H](C)[C@@H]([C@@H](CC(=O)N1CCC[C@H]1[C@H](OC)[C@@H](C)C(=O)N[C@@H](Cc1ccccc1)c1nccs1)OC)N(C)C(=O)[C@@H](NC(=O)C(C)(C)NC(=O)OCc1ccc(NC(=O)[C@@H](N)CCCNC(N)=O)cc1)C(C)C. The van der Waals surface area contributed by atoms with E-state index in [0.717, 1.165) is 17.0 Å². The predicted octanol–water partition coefficient (Wildman–Crippen LogP) is 5.02. The predicted molar refractivity (Wildman–Crippen MR) is 283 cm³/mol. The second-order valence-corrected chi connectivity index (χ2v) is 20.9. The minimum absolute atomic E-state index is 0.0485. The molecule has 9 atom stereocenters. The van der Waals surface area contributed by atoms with E-state index in [1.54, 1.807) is 54.4 Å². The van der Waals surface area contributed by atoms with Crippen LogP contribution < -0.4 is 38.1 Å². The zero-order chi connectivity index (χ0) is 54.7. The number of benzene rings is 2. The van der Waals surface area contributed by atoms with Crippen LogP contribution in [0.2, 0.25) is 0 Å². The van der Waals surface area contributed by atoms with Crippen molar-refractivity contribution >= 4 is 58.7 Å². The van der Waals surface area contributed by atoms with Gasteiger partial charge in [0.25, 0.3) is 0 Å². The molecular formula is C53H80N10O10S. The second kappa shape index (κ2) is 29.1. The maximum absolute atomic E-state index is 14.6. The number of rotatable bonds is 28. The van der Waals surface area contributed by atoms with E-state index in [1.807, 2.05) is 70.3 Å². The van der Waals surface area contributed by atoms with Gasteiger partial charge in [-0.15, -0.1) is 11.3 Å². The number of carbonyl (C=O) groups excluding carboxylic acids is 7. The molecule has 2 aromatic carbocycles. The lowest BCUT2D eigenvalue weighted by Crippen LogP contribution is -2.62. The summed E-state index contributed by atoms with van der Waals surface area (Å²) in [6.07, 6.45) is 2.84. The number of aromatic nitrogens is 1. The molecule has 1 aromatic heterocycles. The van der Waals surface area contributed by atoms with E-state index < -0.39 is 71.6 Å². The van der Waals surface area contributed by atoms with E-state index in [4.69, 9.17) is 25.7 Å². The van der Waals surface area contributed by atoms with E-state index in [1.165, 1.54) is 32.3 Å². The van der Waals surface area contributed by atoms with Crippen LogP contribution in [0.25, 0.3) is 0 Å². The number of likely N-dealkylation sites (tertiary alicyclic amines) is 1. The summed E-state index contributed by atoms with van der Waals surface area (Å²) in [6, 6.07) is 12.7. The number of anilines is 1. The molecule has 20 nitrogen and oxygen atoms in total. The Kier molecular flexibility index (Phi) is 23.7. The number of hydrogen-bond acceptors (Lipinski definition) is 13. The zero-order valence-corrected chi connectivity index (χ0v) is 45.5. The van der Waals surface area contributed by atoms with E-state index >= 15 is 0 Å². The van der Waals surface area contributed by atoms with Crippen molar-refractivity contribution in [1.82, 2.24) is 36.1 Å². The molecule has 4 rings (SSSR count). The van der Waals surface area contributed by atoms with Gasteiger partial charge in [-0.3, -0.25) is 24.0 Å². The molecule has 0 spiro atoms. The van der Waals surface area contributed by atoms with Crippen LogP contribution in [0, 0.1) is 17.8 Å². The maximum Gasteiger partial charge on any atom is 0.408 e. The van der Waals surface area contributed by atoms with Gasteiger partial charge >= 0.3 is 12.1 Å². The Morgan fingerprint density at radius 1 is 0.932 bits per heavy atom. The van der Waals surface area contributed by atoms with Gasteiger partial charge in [0.1, 0.15) is 23.2 Å². The Bertz CT molecular complexity index is 2290.